The normalized spacial score (nSPS) is 12.9. The summed E-state index contributed by atoms with van der Waals surface area (Å²) >= 11 is 3.59. The van der Waals surface area contributed by atoms with Gasteiger partial charge < -0.3 is 0 Å². The molecule has 0 saturated heterocycles. The van der Waals surface area contributed by atoms with E-state index in [2.05, 4.69) is 71.3 Å². The molecule has 0 aliphatic heterocycles. The third-order valence-electron chi connectivity index (χ3n) is 3.23. The number of rotatable bonds is 5. The highest BCUT2D eigenvalue weighted by Crippen LogP contribution is 2.23. The first kappa shape index (κ1) is 14.3. The van der Waals surface area contributed by atoms with Crippen molar-refractivity contribution in [2.75, 3.05) is 0 Å². The van der Waals surface area contributed by atoms with E-state index in [1.54, 1.807) is 0 Å². The largest absolute Gasteiger partial charge is 0.248 e. The first-order valence-corrected chi connectivity index (χ1v) is 7.64. The zero-order valence-corrected chi connectivity index (χ0v) is 13.3. The maximum absolute atomic E-state index is 4.19. The molecule has 2 aromatic rings. The highest BCUT2D eigenvalue weighted by atomic mass is 79.9. The Labute approximate surface area is 123 Å². The quantitative estimate of drug-likeness (QED) is 0.769. The van der Waals surface area contributed by atoms with Crippen LogP contribution < -0.4 is 0 Å². The zero-order valence-electron chi connectivity index (χ0n) is 11.7. The van der Waals surface area contributed by atoms with Gasteiger partial charge in [0.1, 0.15) is 0 Å². The molecule has 0 fully saturated rings. The van der Waals surface area contributed by atoms with Crippen LogP contribution in [0.3, 0.4) is 0 Å². The lowest BCUT2D eigenvalue weighted by molar-refractivity contribution is 0.648. The highest BCUT2D eigenvalue weighted by Gasteiger charge is 2.09. The second-order valence-electron chi connectivity index (χ2n) is 5.11. The van der Waals surface area contributed by atoms with E-state index in [0.717, 1.165) is 18.7 Å². The molecule has 0 aliphatic carbocycles. The Morgan fingerprint density at radius 1 is 1.21 bits per heavy atom. The minimum absolute atomic E-state index is 0.296. The molecule has 0 saturated carbocycles. The third-order valence-corrected chi connectivity index (χ3v) is 4.34. The molecule has 102 valence electrons. The molecule has 1 aromatic heterocycles. The van der Waals surface area contributed by atoms with Gasteiger partial charge in [0.25, 0.3) is 0 Å². The molecule has 1 atom stereocenters. The smallest absolute Gasteiger partial charge is 0.0963 e. The molecule has 0 amide bonds. The minimum atomic E-state index is 0.296. The van der Waals surface area contributed by atoms with Crippen LogP contribution in [0.5, 0.6) is 0 Å². The predicted molar refractivity (Wildman–Crippen MR) is 81.6 cm³/mol. The fourth-order valence-corrected chi connectivity index (χ4v) is 2.15. The monoisotopic (exact) mass is 321 g/mol. The maximum atomic E-state index is 4.19. The molecule has 0 radical (unpaired) electrons. The van der Waals surface area contributed by atoms with Crippen molar-refractivity contribution < 1.29 is 0 Å². The standard InChI is InChI=1S/C15H20BrN3/c1-4-14(16)15-10-19(18-17-15)9-12-5-7-13(8-6-12)11(2)3/h5-8,10-11,14H,4,9H2,1-3H3. The van der Waals surface area contributed by atoms with Crippen LogP contribution in [0, 0.1) is 0 Å². The van der Waals surface area contributed by atoms with Gasteiger partial charge in [-0.1, -0.05) is 66.2 Å². The average molecular weight is 322 g/mol. The number of aromatic nitrogens is 3. The van der Waals surface area contributed by atoms with Crippen LogP contribution >= 0.6 is 15.9 Å². The number of nitrogens with zero attached hydrogens (tertiary/aromatic N) is 3. The van der Waals surface area contributed by atoms with Crippen molar-refractivity contribution in [3.8, 4) is 0 Å². The number of halogens is 1. The summed E-state index contributed by atoms with van der Waals surface area (Å²) in [6, 6.07) is 8.72. The molecule has 0 spiro atoms. The van der Waals surface area contributed by atoms with E-state index < -0.39 is 0 Å². The molecule has 0 N–H and O–H groups in total. The summed E-state index contributed by atoms with van der Waals surface area (Å²) in [5.41, 5.74) is 3.62. The van der Waals surface area contributed by atoms with Crippen molar-refractivity contribution in [1.29, 1.82) is 0 Å². The number of alkyl halides is 1. The zero-order chi connectivity index (χ0) is 13.8. The summed E-state index contributed by atoms with van der Waals surface area (Å²) in [7, 11) is 0. The van der Waals surface area contributed by atoms with Gasteiger partial charge in [-0.25, -0.2) is 4.68 Å². The van der Waals surface area contributed by atoms with Gasteiger partial charge in [0.2, 0.25) is 0 Å². The van der Waals surface area contributed by atoms with Crippen LogP contribution in [0.2, 0.25) is 0 Å². The summed E-state index contributed by atoms with van der Waals surface area (Å²) in [5.74, 6) is 0.575. The van der Waals surface area contributed by atoms with E-state index in [4.69, 9.17) is 0 Å². The van der Waals surface area contributed by atoms with Gasteiger partial charge in [0.05, 0.1) is 17.1 Å². The lowest BCUT2D eigenvalue weighted by atomic mass is 10.0. The van der Waals surface area contributed by atoms with Crippen LogP contribution in [0.15, 0.2) is 30.5 Å². The molecule has 1 aromatic carbocycles. The fraction of sp³-hybridized carbons (Fsp3) is 0.467. The van der Waals surface area contributed by atoms with Gasteiger partial charge in [-0.15, -0.1) is 5.10 Å². The lowest BCUT2D eigenvalue weighted by Crippen LogP contribution is -2.00. The Bertz CT molecular complexity index is 516. The second-order valence-corrected chi connectivity index (χ2v) is 6.22. The summed E-state index contributed by atoms with van der Waals surface area (Å²) in [5, 5.41) is 8.37. The van der Waals surface area contributed by atoms with Gasteiger partial charge in [0.15, 0.2) is 0 Å². The highest BCUT2D eigenvalue weighted by molar-refractivity contribution is 9.09. The Morgan fingerprint density at radius 2 is 1.89 bits per heavy atom. The summed E-state index contributed by atoms with van der Waals surface area (Å²) < 4.78 is 1.89. The van der Waals surface area contributed by atoms with Crippen molar-refractivity contribution in [2.45, 2.75) is 44.5 Å². The van der Waals surface area contributed by atoms with Crippen molar-refractivity contribution in [3.63, 3.8) is 0 Å². The second kappa shape index (κ2) is 6.33. The van der Waals surface area contributed by atoms with E-state index in [9.17, 15) is 0 Å². The molecule has 0 aliphatic rings. The van der Waals surface area contributed by atoms with Crippen molar-refractivity contribution in [2.24, 2.45) is 0 Å². The molecular weight excluding hydrogens is 302 g/mol. The van der Waals surface area contributed by atoms with Gasteiger partial charge >= 0.3 is 0 Å². The van der Waals surface area contributed by atoms with Crippen molar-refractivity contribution >= 4 is 15.9 Å². The van der Waals surface area contributed by atoms with Gasteiger partial charge in [-0.2, -0.15) is 0 Å². The van der Waals surface area contributed by atoms with E-state index in [0.29, 0.717) is 10.7 Å². The molecule has 2 rings (SSSR count). The Morgan fingerprint density at radius 3 is 2.47 bits per heavy atom. The summed E-state index contributed by atoms with van der Waals surface area (Å²) in [6.07, 6.45) is 3.03. The Balaban J connectivity index is 2.06. The number of hydrogen-bond donors (Lipinski definition) is 0. The van der Waals surface area contributed by atoms with Gasteiger partial charge in [0, 0.05) is 6.20 Å². The first-order chi connectivity index (χ1) is 9.10. The molecular formula is C15H20BrN3. The van der Waals surface area contributed by atoms with Gasteiger partial charge in [-0.3, -0.25) is 0 Å². The Kier molecular flexibility index (Phi) is 4.75. The molecule has 1 unspecified atom stereocenters. The number of hydrogen-bond acceptors (Lipinski definition) is 2. The first-order valence-electron chi connectivity index (χ1n) is 6.73. The van der Waals surface area contributed by atoms with E-state index in [-0.39, 0.29) is 0 Å². The molecule has 19 heavy (non-hydrogen) atoms. The van der Waals surface area contributed by atoms with Crippen molar-refractivity contribution in [1.82, 2.24) is 15.0 Å². The average Bonchev–Trinajstić information content (AvgIpc) is 2.87. The Hall–Kier alpha value is -1.16. The molecule has 4 heteroatoms. The van der Waals surface area contributed by atoms with Crippen LogP contribution in [0.1, 0.15) is 54.8 Å². The topological polar surface area (TPSA) is 30.7 Å². The van der Waals surface area contributed by atoms with E-state index in [1.165, 1.54) is 11.1 Å². The summed E-state index contributed by atoms with van der Waals surface area (Å²) in [6.45, 7) is 7.32. The minimum Gasteiger partial charge on any atom is -0.248 e. The van der Waals surface area contributed by atoms with Crippen molar-refractivity contribution in [3.05, 3.63) is 47.3 Å². The van der Waals surface area contributed by atoms with Crippen LogP contribution in [0.25, 0.3) is 0 Å². The van der Waals surface area contributed by atoms with Gasteiger partial charge in [-0.05, 0) is 23.5 Å². The molecule has 3 nitrogen and oxygen atoms in total. The van der Waals surface area contributed by atoms with E-state index >= 15 is 0 Å². The number of benzene rings is 1. The maximum Gasteiger partial charge on any atom is 0.0963 e. The van der Waals surface area contributed by atoms with Crippen LogP contribution in [0.4, 0.5) is 0 Å². The van der Waals surface area contributed by atoms with Crippen LogP contribution in [-0.2, 0) is 6.54 Å². The lowest BCUT2D eigenvalue weighted by Gasteiger charge is -2.06. The fourth-order valence-electron chi connectivity index (χ4n) is 1.94. The summed E-state index contributed by atoms with van der Waals surface area (Å²) in [4.78, 5) is 0.296. The molecule has 1 heterocycles. The van der Waals surface area contributed by atoms with Crippen LogP contribution in [-0.4, -0.2) is 15.0 Å². The third kappa shape index (κ3) is 3.66. The van der Waals surface area contributed by atoms with E-state index in [1.807, 2.05) is 10.9 Å². The molecule has 0 bridgehead atoms. The predicted octanol–water partition coefficient (Wildman–Crippen LogP) is 4.30. The SMILES string of the molecule is CCC(Br)c1cn(Cc2ccc(C(C)C)cc2)nn1.